The molecule has 2 heterocycles. The van der Waals surface area contributed by atoms with Gasteiger partial charge in [-0.1, -0.05) is 12.5 Å². The Bertz CT molecular complexity index is 983. The van der Waals surface area contributed by atoms with E-state index in [0.717, 1.165) is 36.6 Å². The van der Waals surface area contributed by atoms with Crippen molar-refractivity contribution in [1.29, 1.82) is 0 Å². The van der Waals surface area contributed by atoms with E-state index in [2.05, 4.69) is 15.3 Å². The van der Waals surface area contributed by atoms with Gasteiger partial charge in [-0.25, -0.2) is 19.2 Å². The number of hydrogen-bond donors (Lipinski definition) is 1. The summed E-state index contributed by atoms with van der Waals surface area (Å²) in [5, 5.41) is 3.89. The van der Waals surface area contributed by atoms with Crippen molar-refractivity contribution in [2.45, 2.75) is 45.1 Å². The normalized spacial score (nSPS) is 15.0. The average molecular weight is 385 g/mol. The third-order valence-electron chi connectivity index (χ3n) is 4.83. The molecule has 3 aromatic rings. The van der Waals surface area contributed by atoms with Gasteiger partial charge in [0.1, 0.15) is 33.8 Å². The molecule has 5 nitrogen and oxygen atoms in total. The van der Waals surface area contributed by atoms with Gasteiger partial charge in [-0.2, -0.15) is 0 Å². The minimum atomic E-state index is -0.330. The van der Waals surface area contributed by atoms with Crippen molar-refractivity contribution in [2.24, 2.45) is 0 Å². The highest BCUT2D eigenvalue weighted by atomic mass is 32.1. The third kappa shape index (κ3) is 3.78. The number of aryl methyl sites for hydroxylation is 1. The molecule has 0 radical (unpaired) electrons. The van der Waals surface area contributed by atoms with Crippen LogP contribution in [-0.2, 0) is 4.74 Å². The number of aromatic nitrogens is 2. The highest BCUT2D eigenvalue weighted by molar-refractivity contribution is 7.20. The second-order valence-electron chi connectivity index (χ2n) is 6.76. The predicted octanol–water partition coefficient (Wildman–Crippen LogP) is 5.37. The van der Waals surface area contributed by atoms with Crippen molar-refractivity contribution >= 4 is 39.0 Å². The molecule has 0 bridgehead atoms. The van der Waals surface area contributed by atoms with Crippen molar-refractivity contribution < 1.29 is 13.9 Å². The van der Waals surface area contributed by atoms with Gasteiger partial charge in [0.2, 0.25) is 0 Å². The van der Waals surface area contributed by atoms with Gasteiger partial charge in [-0.3, -0.25) is 0 Å². The second kappa shape index (κ2) is 7.60. The minimum Gasteiger partial charge on any atom is -0.458 e. The number of benzene rings is 1. The summed E-state index contributed by atoms with van der Waals surface area (Å²) in [6, 6.07) is 6.17. The number of carbonyl (C=O) groups is 1. The lowest BCUT2D eigenvalue weighted by molar-refractivity contribution is 0.0216. The number of thiophene rings is 1. The highest BCUT2D eigenvalue weighted by Crippen LogP contribution is 2.35. The van der Waals surface area contributed by atoms with Crippen LogP contribution in [-0.4, -0.2) is 22.0 Å². The van der Waals surface area contributed by atoms with Crippen LogP contribution < -0.4 is 5.32 Å². The van der Waals surface area contributed by atoms with E-state index >= 15 is 0 Å². The lowest BCUT2D eigenvalue weighted by Gasteiger charge is -2.21. The van der Waals surface area contributed by atoms with Gasteiger partial charge in [0.05, 0.1) is 5.39 Å². The van der Waals surface area contributed by atoms with Crippen molar-refractivity contribution in [1.82, 2.24) is 9.97 Å². The van der Waals surface area contributed by atoms with Gasteiger partial charge in [-0.15, -0.1) is 11.3 Å². The van der Waals surface area contributed by atoms with Gasteiger partial charge in [0.15, 0.2) is 0 Å². The first-order valence-electron chi connectivity index (χ1n) is 9.09. The Labute approximate surface area is 160 Å². The number of esters is 1. The smallest absolute Gasteiger partial charge is 0.348 e. The number of fused-ring (bicyclic) bond motifs is 1. The van der Waals surface area contributed by atoms with E-state index < -0.39 is 0 Å². The zero-order valence-electron chi connectivity index (χ0n) is 15.0. The van der Waals surface area contributed by atoms with Gasteiger partial charge in [-0.05, 0) is 56.4 Å². The Morgan fingerprint density at radius 3 is 2.85 bits per heavy atom. The Hall–Kier alpha value is -2.54. The molecule has 0 aliphatic heterocycles. The van der Waals surface area contributed by atoms with Crippen LogP contribution in [0.25, 0.3) is 10.2 Å². The van der Waals surface area contributed by atoms with Crippen LogP contribution in [0.5, 0.6) is 0 Å². The summed E-state index contributed by atoms with van der Waals surface area (Å²) in [5.74, 6) is -0.0701. The largest absolute Gasteiger partial charge is 0.458 e. The molecule has 4 rings (SSSR count). The maximum absolute atomic E-state index is 13.5. The Morgan fingerprint density at radius 1 is 1.26 bits per heavy atom. The molecule has 1 aliphatic carbocycles. The van der Waals surface area contributed by atoms with Crippen LogP contribution in [0.3, 0.4) is 0 Å². The highest BCUT2D eigenvalue weighted by Gasteiger charge is 2.24. The van der Waals surface area contributed by atoms with E-state index in [1.165, 1.54) is 36.2 Å². The molecule has 1 aromatic carbocycles. The Balaban J connectivity index is 1.64. The lowest BCUT2D eigenvalue weighted by atomic mass is 9.98. The van der Waals surface area contributed by atoms with E-state index in [4.69, 9.17) is 4.74 Å². The summed E-state index contributed by atoms with van der Waals surface area (Å²) in [6.07, 6.45) is 6.74. The second-order valence-corrected chi connectivity index (χ2v) is 7.76. The molecule has 1 fully saturated rings. The van der Waals surface area contributed by atoms with Crippen LogP contribution in [0.1, 0.15) is 47.3 Å². The third-order valence-corrected chi connectivity index (χ3v) is 6.01. The molecule has 0 unspecified atom stereocenters. The first-order valence-corrected chi connectivity index (χ1v) is 9.91. The van der Waals surface area contributed by atoms with E-state index in [-0.39, 0.29) is 17.9 Å². The molecule has 0 amide bonds. The number of halogens is 1. The molecule has 27 heavy (non-hydrogen) atoms. The topological polar surface area (TPSA) is 64.1 Å². The van der Waals surface area contributed by atoms with Crippen molar-refractivity contribution in [2.75, 3.05) is 5.32 Å². The van der Waals surface area contributed by atoms with Gasteiger partial charge >= 0.3 is 5.97 Å². The fraction of sp³-hybridized carbons (Fsp3) is 0.350. The standard InChI is InChI=1S/C20H20FN3O2S/c1-12-16-18(24-14-7-5-6-13(21)10-14)22-11-23-19(16)27-17(12)20(25)26-15-8-3-2-4-9-15/h5-7,10-11,15H,2-4,8-9H2,1H3,(H,22,23,24). The number of nitrogens with one attached hydrogen (secondary N) is 1. The maximum Gasteiger partial charge on any atom is 0.348 e. The quantitative estimate of drug-likeness (QED) is 0.612. The summed E-state index contributed by atoms with van der Waals surface area (Å²) in [5.41, 5.74) is 1.38. The lowest BCUT2D eigenvalue weighted by Crippen LogP contribution is -2.20. The monoisotopic (exact) mass is 385 g/mol. The molecule has 2 aromatic heterocycles. The fourth-order valence-electron chi connectivity index (χ4n) is 3.45. The average Bonchev–Trinajstić information content (AvgIpc) is 3.00. The maximum atomic E-state index is 13.5. The van der Waals surface area contributed by atoms with E-state index in [9.17, 15) is 9.18 Å². The molecule has 140 valence electrons. The van der Waals surface area contributed by atoms with E-state index in [1.807, 2.05) is 6.92 Å². The Kier molecular flexibility index (Phi) is 5.03. The molecular formula is C20H20FN3O2S. The van der Waals surface area contributed by atoms with Gasteiger partial charge in [0.25, 0.3) is 0 Å². The van der Waals surface area contributed by atoms with Crippen LogP contribution >= 0.6 is 11.3 Å². The van der Waals surface area contributed by atoms with Crippen LogP contribution in [0.2, 0.25) is 0 Å². The van der Waals surface area contributed by atoms with Gasteiger partial charge in [0, 0.05) is 5.69 Å². The predicted molar refractivity (Wildman–Crippen MR) is 104 cm³/mol. The molecule has 1 aliphatic rings. The first-order chi connectivity index (χ1) is 13.1. The summed E-state index contributed by atoms with van der Waals surface area (Å²) in [7, 11) is 0. The number of anilines is 2. The Morgan fingerprint density at radius 2 is 2.07 bits per heavy atom. The molecule has 0 atom stereocenters. The zero-order valence-corrected chi connectivity index (χ0v) is 15.8. The summed E-state index contributed by atoms with van der Waals surface area (Å²) >= 11 is 1.31. The summed E-state index contributed by atoms with van der Waals surface area (Å²) in [6.45, 7) is 1.87. The molecule has 0 spiro atoms. The fourth-order valence-corrected chi connectivity index (χ4v) is 4.48. The van der Waals surface area contributed by atoms with Crippen molar-refractivity contribution in [3.05, 3.63) is 46.9 Å². The van der Waals surface area contributed by atoms with Crippen LogP contribution in [0.4, 0.5) is 15.9 Å². The number of nitrogens with zero attached hydrogens (tertiary/aromatic N) is 2. The first kappa shape index (κ1) is 17.9. The number of ether oxygens (including phenoxy) is 1. The van der Waals surface area contributed by atoms with E-state index in [1.54, 1.807) is 12.1 Å². The molecular weight excluding hydrogens is 365 g/mol. The molecule has 0 saturated heterocycles. The summed E-state index contributed by atoms with van der Waals surface area (Å²) in [4.78, 5) is 22.5. The molecule has 1 N–H and O–H groups in total. The van der Waals surface area contributed by atoms with Crippen LogP contribution in [0, 0.1) is 12.7 Å². The van der Waals surface area contributed by atoms with E-state index in [0.29, 0.717) is 21.2 Å². The minimum absolute atomic E-state index is 0.00633. The zero-order chi connectivity index (χ0) is 18.8. The molecule has 1 saturated carbocycles. The summed E-state index contributed by atoms with van der Waals surface area (Å²) < 4.78 is 19.2. The number of rotatable bonds is 4. The van der Waals surface area contributed by atoms with Crippen LogP contribution in [0.15, 0.2) is 30.6 Å². The van der Waals surface area contributed by atoms with Crippen molar-refractivity contribution in [3.63, 3.8) is 0 Å². The number of hydrogen-bond acceptors (Lipinski definition) is 6. The molecule has 7 heteroatoms. The SMILES string of the molecule is Cc1c(C(=O)OC2CCCCC2)sc2ncnc(Nc3cccc(F)c3)c12. The van der Waals surface area contributed by atoms with Crippen molar-refractivity contribution in [3.8, 4) is 0 Å². The van der Waals surface area contributed by atoms with Gasteiger partial charge < -0.3 is 10.1 Å². The number of carbonyl (C=O) groups excluding carboxylic acids is 1.